The molecule has 204 valence electrons. The number of carbonyl (C=O) groups excluding carboxylic acids is 1. The van der Waals surface area contributed by atoms with Crippen LogP contribution in [0.5, 0.6) is 5.75 Å². The van der Waals surface area contributed by atoms with Gasteiger partial charge in [-0.1, -0.05) is 29.8 Å². The number of ether oxygens (including phenoxy) is 1. The van der Waals surface area contributed by atoms with Crippen molar-refractivity contribution < 1.29 is 9.53 Å². The summed E-state index contributed by atoms with van der Waals surface area (Å²) in [5, 5.41) is 7.63. The molecule has 39 heavy (non-hydrogen) atoms. The van der Waals surface area contributed by atoms with Crippen molar-refractivity contribution in [1.82, 2.24) is 15.2 Å². The van der Waals surface area contributed by atoms with Gasteiger partial charge in [-0.3, -0.25) is 4.98 Å². The number of piperidine rings is 3. The van der Waals surface area contributed by atoms with Gasteiger partial charge in [-0.2, -0.15) is 0 Å². The minimum atomic E-state index is -0.0368. The number of pyridine rings is 1. The molecule has 0 radical (unpaired) electrons. The van der Waals surface area contributed by atoms with Crippen molar-refractivity contribution in [2.24, 2.45) is 5.92 Å². The molecule has 4 heterocycles. The molecule has 0 aliphatic carbocycles. The number of aromatic nitrogens is 1. The van der Waals surface area contributed by atoms with Crippen LogP contribution >= 0.6 is 11.6 Å². The minimum Gasteiger partial charge on any atom is -0.490 e. The van der Waals surface area contributed by atoms with E-state index in [1.807, 2.05) is 59.8 Å². The van der Waals surface area contributed by atoms with Crippen LogP contribution in [-0.2, 0) is 6.42 Å². The number of halogens is 1. The molecule has 3 saturated heterocycles. The first-order valence-electron chi connectivity index (χ1n) is 14.3. The third-order valence-electron chi connectivity index (χ3n) is 8.58. The highest BCUT2D eigenvalue weighted by molar-refractivity contribution is 6.30. The molecule has 7 heteroatoms. The molecule has 3 aliphatic heterocycles. The summed E-state index contributed by atoms with van der Waals surface area (Å²) >= 11 is 6.03. The number of likely N-dealkylation sites (tertiary alicyclic amines) is 1. The Bertz CT molecular complexity index is 1220. The first kappa shape index (κ1) is 26.1. The van der Waals surface area contributed by atoms with E-state index in [1.54, 1.807) is 0 Å². The number of carbonyl (C=O) groups is 1. The first-order valence-corrected chi connectivity index (χ1v) is 14.7. The van der Waals surface area contributed by atoms with Gasteiger partial charge in [-0.15, -0.1) is 0 Å². The van der Waals surface area contributed by atoms with Crippen LogP contribution in [0.1, 0.15) is 55.6 Å². The van der Waals surface area contributed by atoms with Crippen molar-refractivity contribution in [1.29, 1.82) is 0 Å². The molecule has 2 unspecified atom stereocenters. The fourth-order valence-electron chi connectivity index (χ4n) is 6.71. The molecule has 3 aromatic rings. The smallest absolute Gasteiger partial charge is 0.321 e. The summed E-state index contributed by atoms with van der Waals surface area (Å²) in [7, 11) is 0. The van der Waals surface area contributed by atoms with E-state index in [4.69, 9.17) is 16.3 Å². The van der Waals surface area contributed by atoms with Crippen LogP contribution in [0.2, 0.25) is 5.02 Å². The van der Waals surface area contributed by atoms with E-state index in [0.717, 1.165) is 61.7 Å². The van der Waals surface area contributed by atoms with Gasteiger partial charge in [0.2, 0.25) is 0 Å². The minimum absolute atomic E-state index is 0.0368. The van der Waals surface area contributed by atoms with Gasteiger partial charge >= 0.3 is 6.03 Å². The number of hydrogen-bond acceptors (Lipinski definition) is 4. The second kappa shape index (κ2) is 12.0. The van der Waals surface area contributed by atoms with Gasteiger partial charge in [0.1, 0.15) is 11.9 Å². The van der Waals surface area contributed by atoms with Crippen molar-refractivity contribution >= 4 is 23.3 Å². The Balaban J connectivity index is 0.957. The molecule has 1 aromatic heterocycles. The fourth-order valence-corrected chi connectivity index (χ4v) is 6.83. The molecule has 0 spiro atoms. The molecule has 3 fully saturated rings. The zero-order valence-corrected chi connectivity index (χ0v) is 23.0. The van der Waals surface area contributed by atoms with Crippen molar-refractivity contribution in [3.63, 3.8) is 0 Å². The second-order valence-electron chi connectivity index (χ2n) is 11.4. The number of fused-ring (bicyclic) bond motifs is 2. The van der Waals surface area contributed by atoms with E-state index in [9.17, 15) is 4.79 Å². The van der Waals surface area contributed by atoms with Gasteiger partial charge in [0.05, 0.1) is 0 Å². The maximum atomic E-state index is 12.9. The molecular formula is C32H37ClN4O2. The Labute approximate surface area is 236 Å². The maximum absolute atomic E-state index is 12.9. The summed E-state index contributed by atoms with van der Waals surface area (Å²) in [4.78, 5) is 19.1. The summed E-state index contributed by atoms with van der Waals surface area (Å²) in [6, 6.07) is 21.1. The van der Waals surface area contributed by atoms with Crippen LogP contribution in [0.3, 0.4) is 0 Å². The lowest BCUT2D eigenvalue weighted by Gasteiger charge is -2.43. The number of nitrogens with zero attached hydrogens (tertiary/aromatic N) is 2. The molecule has 6 rings (SSSR count). The van der Waals surface area contributed by atoms with Gasteiger partial charge in [-0.25, -0.2) is 4.79 Å². The molecule has 2 bridgehead atoms. The van der Waals surface area contributed by atoms with Crippen LogP contribution in [0.15, 0.2) is 73.1 Å². The van der Waals surface area contributed by atoms with E-state index in [1.165, 1.54) is 24.0 Å². The quantitative estimate of drug-likeness (QED) is 0.364. The third-order valence-corrected chi connectivity index (χ3v) is 8.83. The molecule has 3 aliphatic rings. The van der Waals surface area contributed by atoms with Gasteiger partial charge in [-0.05, 0) is 110 Å². The highest BCUT2D eigenvalue weighted by Crippen LogP contribution is 2.34. The molecule has 6 nitrogen and oxygen atoms in total. The Morgan fingerprint density at radius 2 is 1.69 bits per heavy atom. The van der Waals surface area contributed by atoms with E-state index in [2.05, 4.69) is 33.8 Å². The van der Waals surface area contributed by atoms with E-state index in [-0.39, 0.29) is 12.1 Å². The molecule has 2 amide bonds. The number of urea groups is 1. The number of nitrogens with one attached hydrogen (secondary N) is 2. The monoisotopic (exact) mass is 544 g/mol. The van der Waals surface area contributed by atoms with E-state index >= 15 is 0 Å². The molecule has 0 saturated carbocycles. The van der Waals surface area contributed by atoms with Crippen LogP contribution in [-0.4, -0.2) is 47.2 Å². The van der Waals surface area contributed by atoms with Crippen LogP contribution in [0.4, 0.5) is 10.5 Å². The number of rotatable bonds is 6. The molecule has 4 atom stereocenters. The van der Waals surface area contributed by atoms with Crippen LogP contribution < -0.4 is 15.4 Å². The van der Waals surface area contributed by atoms with Crippen molar-refractivity contribution in [3.05, 3.63) is 89.2 Å². The van der Waals surface area contributed by atoms with Gasteiger partial charge in [0.25, 0.3) is 0 Å². The SMILES string of the molecule is O=C(Nc1ccc(OC2C[C@H]3CC(Cc4cccnc4)C[C@@H](C2)N3)cc1)N1CCC(c2ccc(Cl)cc2)CC1. The molecule has 2 aromatic carbocycles. The average molecular weight is 545 g/mol. The lowest BCUT2D eigenvalue weighted by atomic mass is 9.77. The summed E-state index contributed by atoms with van der Waals surface area (Å²) in [6.07, 6.45) is 11.5. The maximum Gasteiger partial charge on any atom is 0.321 e. The fraction of sp³-hybridized carbons (Fsp3) is 0.438. The van der Waals surface area contributed by atoms with Crippen molar-refractivity contribution in [2.45, 2.75) is 69.1 Å². The zero-order valence-electron chi connectivity index (χ0n) is 22.3. The average Bonchev–Trinajstić information content (AvgIpc) is 2.95. The van der Waals surface area contributed by atoms with E-state index in [0.29, 0.717) is 23.9 Å². The van der Waals surface area contributed by atoms with Gasteiger partial charge < -0.3 is 20.3 Å². The van der Waals surface area contributed by atoms with Gasteiger partial charge in [0.15, 0.2) is 0 Å². The van der Waals surface area contributed by atoms with Gasteiger partial charge in [0, 0.05) is 48.3 Å². The van der Waals surface area contributed by atoms with Crippen molar-refractivity contribution in [2.75, 3.05) is 18.4 Å². The Kier molecular flexibility index (Phi) is 8.03. The van der Waals surface area contributed by atoms with Crippen LogP contribution in [0.25, 0.3) is 0 Å². The van der Waals surface area contributed by atoms with Crippen LogP contribution in [0, 0.1) is 5.92 Å². The number of hydrogen-bond donors (Lipinski definition) is 2. The topological polar surface area (TPSA) is 66.5 Å². The predicted octanol–water partition coefficient (Wildman–Crippen LogP) is 6.67. The Morgan fingerprint density at radius 3 is 2.36 bits per heavy atom. The Hall–Kier alpha value is -3.09. The lowest BCUT2D eigenvalue weighted by molar-refractivity contribution is 0.0741. The predicted molar refractivity (Wildman–Crippen MR) is 155 cm³/mol. The third kappa shape index (κ3) is 6.74. The second-order valence-corrected chi connectivity index (χ2v) is 11.9. The van der Waals surface area contributed by atoms with E-state index < -0.39 is 0 Å². The molecule has 2 N–H and O–H groups in total. The highest BCUT2D eigenvalue weighted by Gasteiger charge is 2.36. The number of anilines is 1. The summed E-state index contributed by atoms with van der Waals surface area (Å²) in [6.45, 7) is 1.50. The first-order chi connectivity index (χ1) is 19.1. The van der Waals surface area contributed by atoms with Crippen molar-refractivity contribution in [3.8, 4) is 5.75 Å². The zero-order chi connectivity index (χ0) is 26.6. The summed E-state index contributed by atoms with van der Waals surface area (Å²) < 4.78 is 6.40. The number of amides is 2. The number of benzene rings is 2. The standard InChI is InChI=1S/C32H37ClN4O2/c33-26-5-3-24(4-6-26)25-11-14-37(15-12-25)32(38)36-27-7-9-30(10-8-27)39-31-19-28-17-23(18-29(20-31)35-28)16-22-2-1-13-34-21-22/h1-10,13,21,23,25,28-29,31,35H,11-12,14-20H2,(H,36,38)/t23?,28-,29+,31?. The lowest BCUT2D eigenvalue weighted by Crippen LogP contribution is -2.54. The Morgan fingerprint density at radius 1 is 0.974 bits per heavy atom. The highest BCUT2D eigenvalue weighted by atomic mass is 35.5. The summed E-state index contributed by atoms with van der Waals surface area (Å²) in [5.41, 5.74) is 3.44. The summed E-state index contributed by atoms with van der Waals surface area (Å²) in [5.74, 6) is 2.05. The molecular weight excluding hydrogens is 508 g/mol. The largest absolute Gasteiger partial charge is 0.490 e. The normalized spacial score (nSPS) is 25.2.